The maximum absolute atomic E-state index is 13.0. The number of carbonyl (C=O) groups is 1. The van der Waals surface area contributed by atoms with Gasteiger partial charge < -0.3 is 4.42 Å². The molecule has 38 heavy (non-hydrogen) atoms. The van der Waals surface area contributed by atoms with Crippen LogP contribution in [0.25, 0.3) is 11.3 Å². The van der Waals surface area contributed by atoms with E-state index in [4.69, 9.17) is 9.30 Å². The van der Waals surface area contributed by atoms with Gasteiger partial charge in [0.05, 0.1) is 12.1 Å². The van der Waals surface area contributed by atoms with Gasteiger partial charge in [0, 0.05) is 34.7 Å². The lowest BCUT2D eigenvalue weighted by Crippen LogP contribution is -2.32. The van der Waals surface area contributed by atoms with E-state index in [9.17, 15) is 18.0 Å². The number of hydrogen-bond acceptors (Lipinski definition) is 6. The highest BCUT2D eigenvalue weighted by Crippen LogP contribution is 2.35. The van der Waals surface area contributed by atoms with Crippen molar-refractivity contribution in [2.75, 3.05) is 7.05 Å². The van der Waals surface area contributed by atoms with Crippen LogP contribution in [0.3, 0.4) is 0 Å². The van der Waals surface area contributed by atoms with Gasteiger partial charge >= 0.3 is 12.1 Å². The Morgan fingerprint density at radius 2 is 1.79 bits per heavy atom. The van der Waals surface area contributed by atoms with Gasteiger partial charge in [0.25, 0.3) is 0 Å². The highest BCUT2D eigenvalue weighted by atomic mass is 32.2. The van der Waals surface area contributed by atoms with Crippen molar-refractivity contribution < 1.29 is 32.2 Å². The number of thioether (sulfide) groups is 1. The van der Waals surface area contributed by atoms with Crippen molar-refractivity contribution in [3.8, 4) is 17.1 Å². The number of alkyl halides is 3. The lowest BCUT2D eigenvalue weighted by Gasteiger charge is -2.30. The molecule has 0 unspecified atom stereocenters. The summed E-state index contributed by atoms with van der Waals surface area (Å²) in [5, 5.41) is 0. The second-order valence-electron chi connectivity index (χ2n) is 9.72. The monoisotopic (exact) mass is 547 g/mol. The van der Waals surface area contributed by atoms with Gasteiger partial charge in [-0.25, -0.2) is 4.79 Å². The number of furan rings is 1. The average molecular weight is 548 g/mol. The van der Waals surface area contributed by atoms with Crippen molar-refractivity contribution in [2.24, 2.45) is 0 Å². The van der Waals surface area contributed by atoms with Crippen LogP contribution in [0, 0.1) is 6.92 Å². The Bertz CT molecular complexity index is 1230. The van der Waals surface area contributed by atoms with E-state index in [0.717, 1.165) is 46.8 Å². The molecule has 204 valence electrons. The Morgan fingerprint density at radius 1 is 1.08 bits per heavy atom. The number of hydrogen-bond donors (Lipinski definition) is 0. The SMILES string of the molecule is CC(=O)OOc1ccc(SCc2cc(-c3ccc(C(F)(F)F)cc3)oc2CN(C)C2CCCCC2)cc1C. The van der Waals surface area contributed by atoms with E-state index >= 15 is 0 Å². The summed E-state index contributed by atoms with van der Waals surface area (Å²) >= 11 is 1.62. The molecule has 0 radical (unpaired) electrons. The molecule has 0 saturated heterocycles. The van der Waals surface area contributed by atoms with Crippen molar-refractivity contribution in [3.05, 3.63) is 71.0 Å². The first-order valence-electron chi connectivity index (χ1n) is 12.7. The molecular weight excluding hydrogens is 515 g/mol. The van der Waals surface area contributed by atoms with Gasteiger partial charge in [0.1, 0.15) is 11.5 Å². The normalized spacial score (nSPS) is 14.6. The molecular formula is C29H32F3NO4S. The van der Waals surface area contributed by atoms with E-state index in [1.807, 2.05) is 25.1 Å². The van der Waals surface area contributed by atoms with E-state index in [0.29, 0.717) is 35.4 Å². The van der Waals surface area contributed by atoms with Crippen LogP contribution >= 0.6 is 11.8 Å². The summed E-state index contributed by atoms with van der Waals surface area (Å²) in [7, 11) is 2.11. The van der Waals surface area contributed by atoms with Gasteiger partial charge in [-0.15, -0.1) is 11.8 Å². The zero-order chi connectivity index (χ0) is 27.3. The summed E-state index contributed by atoms with van der Waals surface area (Å²) in [6.45, 7) is 3.77. The molecule has 0 N–H and O–H groups in total. The molecule has 1 heterocycles. The topological polar surface area (TPSA) is 51.9 Å². The summed E-state index contributed by atoms with van der Waals surface area (Å²) in [5.74, 6) is 1.95. The fourth-order valence-electron chi connectivity index (χ4n) is 4.64. The van der Waals surface area contributed by atoms with Crippen molar-refractivity contribution in [2.45, 2.75) is 75.4 Å². The predicted molar refractivity (Wildman–Crippen MR) is 141 cm³/mol. The van der Waals surface area contributed by atoms with E-state index in [2.05, 4.69) is 16.8 Å². The first-order chi connectivity index (χ1) is 18.1. The Morgan fingerprint density at radius 3 is 2.42 bits per heavy atom. The minimum atomic E-state index is -4.38. The standard InChI is InChI=1S/C29H32F3NO4S/c1-19-15-25(13-14-26(19)37-36-20(2)34)38-18-22-16-27(21-9-11-23(12-10-21)29(30,31)32)35-28(22)17-33(3)24-7-5-4-6-8-24/h9-16,24H,4-8,17-18H2,1-3H3. The molecule has 9 heteroatoms. The van der Waals surface area contributed by atoms with Gasteiger partial charge in [0.15, 0.2) is 5.75 Å². The molecule has 1 aliphatic carbocycles. The van der Waals surface area contributed by atoms with Crippen molar-refractivity contribution >= 4 is 17.7 Å². The van der Waals surface area contributed by atoms with Gasteiger partial charge in [0.2, 0.25) is 0 Å². The first-order valence-corrected chi connectivity index (χ1v) is 13.7. The molecule has 1 fully saturated rings. The summed E-state index contributed by atoms with van der Waals surface area (Å²) in [5.41, 5.74) is 1.76. The van der Waals surface area contributed by atoms with Crippen LogP contribution in [-0.2, 0) is 28.2 Å². The second kappa shape index (κ2) is 12.3. The fourth-order valence-corrected chi connectivity index (χ4v) is 5.63. The van der Waals surface area contributed by atoms with Gasteiger partial charge in [-0.05, 0) is 68.8 Å². The Balaban J connectivity index is 1.54. The van der Waals surface area contributed by atoms with Crippen LogP contribution < -0.4 is 4.89 Å². The van der Waals surface area contributed by atoms with E-state index in [1.165, 1.54) is 38.3 Å². The minimum absolute atomic E-state index is 0.465. The van der Waals surface area contributed by atoms with E-state index < -0.39 is 17.7 Å². The number of nitrogens with zero attached hydrogens (tertiary/aromatic N) is 1. The molecule has 4 rings (SSSR count). The van der Waals surface area contributed by atoms with Crippen molar-refractivity contribution in [3.63, 3.8) is 0 Å². The van der Waals surface area contributed by atoms with Crippen LogP contribution in [0.2, 0.25) is 0 Å². The summed E-state index contributed by atoms with van der Waals surface area (Å²) in [6, 6.07) is 13.1. The molecule has 5 nitrogen and oxygen atoms in total. The number of carbonyl (C=O) groups excluding carboxylic acids is 1. The Kier molecular flexibility index (Phi) is 9.10. The van der Waals surface area contributed by atoms with Crippen molar-refractivity contribution in [1.82, 2.24) is 4.90 Å². The highest BCUT2D eigenvalue weighted by molar-refractivity contribution is 7.98. The maximum atomic E-state index is 13.0. The molecule has 0 spiro atoms. The Hall–Kier alpha value is -2.91. The number of rotatable bonds is 9. The number of halogens is 3. The molecule has 1 aromatic heterocycles. The molecule has 0 amide bonds. The average Bonchev–Trinajstić information content (AvgIpc) is 3.29. The van der Waals surface area contributed by atoms with Gasteiger partial charge in [-0.3, -0.25) is 14.7 Å². The third kappa shape index (κ3) is 7.35. The third-order valence-electron chi connectivity index (χ3n) is 6.77. The summed E-state index contributed by atoms with van der Waals surface area (Å²) < 4.78 is 45.4. The van der Waals surface area contributed by atoms with Crippen LogP contribution in [0.1, 0.15) is 61.5 Å². The quantitative estimate of drug-likeness (QED) is 0.153. The van der Waals surface area contributed by atoms with Crippen molar-refractivity contribution in [1.29, 1.82) is 0 Å². The number of aryl methyl sites for hydroxylation is 1. The summed E-state index contributed by atoms with van der Waals surface area (Å²) in [4.78, 5) is 24.0. The summed E-state index contributed by atoms with van der Waals surface area (Å²) in [6.07, 6.45) is 1.66. The zero-order valence-corrected chi connectivity index (χ0v) is 22.6. The molecule has 2 aromatic carbocycles. The zero-order valence-electron chi connectivity index (χ0n) is 21.8. The molecule has 3 aromatic rings. The molecule has 0 atom stereocenters. The predicted octanol–water partition coefficient (Wildman–Crippen LogP) is 8.19. The lowest BCUT2D eigenvalue weighted by atomic mass is 9.94. The second-order valence-corrected chi connectivity index (χ2v) is 10.8. The largest absolute Gasteiger partial charge is 0.459 e. The van der Waals surface area contributed by atoms with Gasteiger partial charge in [-0.2, -0.15) is 13.2 Å². The first kappa shape index (κ1) is 28.1. The van der Waals surface area contributed by atoms with E-state index in [-0.39, 0.29) is 0 Å². The number of benzene rings is 2. The maximum Gasteiger partial charge on any atom is 0.416 e. The van der Waals surface area contributed by atoms with Crippen LogP contribution in [-0.4, -0.2) is 24.0 Å². The third-order valence-corrected chi connectivity index (χ3v) is 7.82. The smallest absolute Gasteiger partial charge is 0.416 e. The highest BCUT2D eigenvalue weighted by Gasteiger charge is 2.30. The minimum Gasteiger partial charge on any atom is -0.459 e. The lowest BCUT2D eigenvalue weighted by molar-refractivity contribution is -0.211. The van der Waals surface area contributed by atoms with E-state index in [1.54, 1.807) is 17.8 Å². The Labute approximate surface area is 225 Å². The fraction of sp³-hybridized carbons (Fsp3) is 0.414. The van der Waals surface area contributed by atoms with Crippen LogP contribution in [0.5, 0.6) is 5.75 Å². The molecule has 1 aliphatic rings. The molecule has 1 saturated carbocycles. The van der Waals surface area contributed by atoms with Crippen LogP contribution in [0.15, 0.2) is 57.8 Å². The van der Waals surface area contributed by atoms with Gasteiger partial charge in [-0.1, -0.05) is 31.4 Å². The molecule has 0 aliphatic heterocycles. The van der Waals surface area contributed by atoms with Crippen LogP contribution in [0.4, 0.5) is 13.2 Å². The molecule has 0 bridgehead atoms.